The highest BCUT2D eigenvalue weighted by Crippen LogP contribution is 2.38. The van der Waals surface area contributed by atoms with Gasteiger partial charge >= 0.3 is 0 Å². The number of thioether (sulfide) groups is 1. The first kappa shape index (κ1) is 16.3. The number of carbonyl (C=O) groups is 1. The van der Waals surface area contributed by atoms with E-state index in [1.54, 1.807) is 23.9 Å². The normalized spacial score (nSPS) is 23.8. The molecule has 1 aliphatic heterocycles. The molecule has 1 aromatic carbocycles. The van der Waals surface area contributed by atoms with E-state index in [0.717, 1.165) is 24.2 Å². The van der Waals surface area contributed by atoms with Crippen molar-refractivity contribution in [3.8, 4) is 0 Å². The molecule has 1 fully saturated rings. The van der Waals surface area contributed by atoms with Crippen molar-refractivity contribution in [2.45, 2.75) is 42.4 Å². The minimum atomic E-state index is -3.68. The Morgan fingerprint density at radius 2 is 2.00 bits per heavy atom. The molecule has 5 nitrogen and oxygen atoms in total. The quantitative estimate of drug-likeness (QED) is 0.882. The molecule has 1 aromatic rings. The standard InChI is InChI=1S/C14H20N2O3S2/c1-10(16-13(17)14(2)8-3-9-20-14)11-4-6-12(7-5-11)21(15,18)19/h4-7,10H,3,8-9H2,1-2H3,(H,16,17)(H2,15,18,19). The van der Waals surface area contributed by atoms with E-state index in [9.17, 15) is 13.2 Å². The van der Waals surface area contributed by atoms with Crippen molar-refractivity contribution >= 4 is 27.7 Å². The van der Waals surface area contributed by atoms with E-state index in [2.05, 4.69) is 5.32 Å². The maximum Gasteiger partial charge on any atom is 0.238 e. The summed E-state index contributed by atoms with van der Waals surface area (Å²) < 4.78 is 22.1. The molecule has 3 N–H and O–H groups in total. The number of primary sulfonamides is 1. The molecule has 116 valence electrons. The molecule has 0 aliphatic carbocycles. The highest BCUT2D eigenvalue weighted by Gasteiger charge is 2.37. The third-order valence-electron chi connectivity index (χ3n) is 3.76. The number of rotatable bonds is 4. The van der Waals surface area contributed by atoms with Crippen molar-refractivity contribution in [1.82, 2.24) is 5.32 Å². The Morgan fingerprint density at radius 1 is 1.38 bits per heavy atom. The molecule has 2 rings (SSSR count). The van der Waals surface area contributed by atoms with Gasteiger partial charge in [-0.2, -0.15) is 0 Å². The van der Waals surface area contributed by atoms with Crippen LogP contribution in [0, 0.1) is 0 Å². The summed E-state index contributed by atoms with van der Waals surface area (Å²) in [6, 6.07) is 6.09. The van der Waals surface area contributed by atoms with Crippen molar-refractivity contribution in [1.29, 1.82) is 0 Å². The van der Waals surface area contributed by atoms with Crippen molar-refractivity contribution in [3.05, 3.63) is 29.8 Å². The molecule has 0 aromatic heterocycles. The molecular formula is C14H20N2O3S2. The number of sulfonamides is 1. The molecule has 0 bridgehead atoms. The summed E-state index contributed by atoms with van der Waals surface area (Å²) in [5.74, 6) is 1.05. The average Bonchev–Trinajstić information content (AvgIpc) is 2.86. The summed E-state index contributed by atoms with van der Waals surface area (Å²) in [4.78, 5) is 12.4. The number of amides is 1. The molecule has 0 saturated carbocycles. The van der Waals surface area contributed by atoms with Crippen LogP contribution < -0.4 is 10.5 Å². The van der Waals surface area contributed by atoms with Gasteiger partial charge in [-0.1, -0.05) is 12.1 Å². The number of nitrogens with two attached hydrogens (primary N) is 1. The Kier molecular flexibility index (Phi) is 4.65. The smallest absolute Gasteiger partial charge is 0.238 e. The fourth-order valence-electron chi connectivity index (χ4n) is 2.34. The second-order valence-electron chi connectivity index (χ2n) is 5.49. The van der Waals surface area contributed by atoms with Gasteiger partial charge in [0.05, 0.1) is 15.7 Å². The van der Waals surface area contributed by atoms with Gasteiger partial charge in [-0.25, -0.2) is 13.6 Å². The van der Waals surface area contributed by atoms with Gasteiger partial charge in [0.1, 0.15) is 0 Å². The van der Waals surface area contributed by atoms with E-state index in [4.69, 9.17) is 5.14 Å². The molecule has 1 saturated heterocycles. The van der Waals surface area contributed by atoms with E-state index in [1.165, 1.54) is 12.1 Å². The van der Waals surface area contributed by atoms with Crippen molar-refractivity contribution in [3.63, 3.8) is 0 Å². The predicted octanol–water partition coefficient (Wildman–Crippen LogP) is 1.80. The van der Waals surface area contributed by atoms with Crippen LogP contribution >= 0.6 is 11.8 Å². The molecule has 0 spiro atoms. The lowest BCUT2D eigenvalue weighted by atomic mass is 10.0. The molecule has 1 amide bonds. The van der Waals surface area contributed by atoms with Crippen LogP contribution in [0.25, 0.3) is 0 Å². The minimum absolute atomic E-state index is 0.0352. The van der Waals surface area contributed by atoms with Gasteiger partial charge in [0, 0.05) is 0 Å². The molecule has 2 atom stereocenters. The topological polar surface area (TPSA) is 89.3 Å². The zero-order chi connectivity index (χ0) is 15.7. The van der Waals surface area contributed by atoms with E-state index in [-0.39, 0.29) is 21.6 Å². The lowest BCUT2D eigenvalue weighted by Crippen LogP contribution is -2.41. The lowest BCUT2D eigenvalue weighted by Gasteiger charge is -2.24. The average molecular weight is 328 g/mol. The van der Waals surface area contributed by atoms with Crippen LogP contribution in [0.4, 0.5) is 0 Å². The number of carbonyl (C=O) groups excluding carboxylic acids is 1. The first-order valence-corrected chi connectivity index (χ1v) is 9.33. The minimum Gasteiger partial charge on any atom is -0.348 e. The number of hydrogen-bond donors (Lipinski definition) is 2. The Balaban J connectivity index is 2.06. The Hall–Kier alpha value is -1.05. The van der Waals surface area contributed by atoms with E-state index in [0.29, 0.717) is 0 Å². The van der Waals surface area contributed by atoms with Crippen molar-refractivity contribution < 1.29 is 13.2 Å². The van der Waals surface area contributed by atoms with E-state index >= 15 is 0 Å². The summed E-state index contributed by atoms with van der Waals surface area (Å²) in [6.45, 7) is 3.85. The van der Waals surface area contributed by atoms with Crippen LogP contribution in [0.3, 0.4) is 0 Å². The Morgan fingerprint density at radius 3 is 2.48 bits per heavy atom. The van der Waals surface area contributed by atoms with Crippen LogP contribution in [-0.4, -0.2) is 24.8 Å². The molecule has 21 heavy (non-hydrogen) atoms. The first-order chi connectivity index (χ1) is 9.72. The van der Waals surface area contributed by atoms with Gasteiger partial charge in [0.2, 0.25) is 15.9 Å². The first-order valence-electron chi connectivity index (χ1n) is 6.80. The molecule has 1 heterocycles. The fourth-order valence-corrected chi connectivity index (χ4v) is 4.07. The fraction of sp³-hybridized carbons (Fsp3) is 0.500. The van der Waals surface area contributed by atoms with E-state index in [1.807, 2.05) is 13.8 Å². The maximum atomic E-state index is 12.3. The lowest BCUT2D eigenvalue weighted by molar-refractivity contribution is -0.123. The number of benzene rings is 1. The molecule has 1 aliphatic rings. The third kappa shape index (κ3) is 3.78. The molecular weight excluding hydrogens is 308 g/mol. The molecule has 2 unspecified atom stereocenters. The van der Waals surface area contributed by atoms with Crippen molar-refractivity contribution in [2.24, 2.45) is 5.14 Å². The SMILES string of the molecule is CC(NC(=O)C1(C)CCCS1)c1ccc(S(N)(=O)=O)cc1. The molecule has 7 heteroatoms. The number of nitrogens with one attached hydrogen (secondary N) is 1. The summed E-state index contributed by atoms with van der Waals surface area (Å²) in [7, 11) is -3.68. The summed E-state index contributed by atoms with van der Waals surface area (Å²) in [5, 5.41) is 8.06. The van der Waals surface area contributed by atoms with E-state index < -0.39 is 10.0 Å². The number of hydrogen-bond acceptors (Lipinski definition) is 4. The van der Waals surface area contributed by atoms with Gasteiger partial charge in [-0.15, -0.1) is 11.8 Å². The van der Waals surface area contributed by atoms with Crippen LogP contribution in [0.5, 0.6) is 0 Å². The summed E-state index contributed by atoms with van der Waals surface area (Å²) in [5.41, 5.74) is 0.849. The van der Waals surface area contributed by atoms with Crippen LogP contribution in [0.2, 0.25) is 0 Å². The van der Waals surface area contributed by atoms with Gasteiger partial charge in [0.25, 0.3) is 0 Å². The summed E-state index contributed by atoms with van der Waals surface area (Å²) in [6.07, 6.45) is 1.95. The third-order valence-corrected chi connectivity index (χ3v) is 6.20. The zero-order valence-electron chi connectivity index (χ0n) is 12.1. The Labute approximate surface area is 129 Å². The second-order valence-corrected chi connectivity index (χ2v) is 8.65. The summed E-state index contributed by atoms with van der Waals surface area (Å²) >= 11 is 1.69. The van der Waals surface area contributed by atoms with Crippen LogP contribution in [0.1, 0.15) is 38.3 Å². The van der Waals surface area contributed by atoms with Gasteiger partial charge in [0.15, 0.2) is 0 Å². The Bertz CT molecular complexity index is 620. The monoisotopic (exact) mass is 328 g/mol. The highest BCUT2D eigenvalue weighted by molar-refractivity contribution is 8.01. The van der Waals surface area contributed by atoms with Gasteiger partial charge < -0.3 is 5.32 Å². The predicted molar refractivity (Wildman–Crippen MR) is 84.5 cm³/mol. The zero-order valence-corrected chi connectivity index (χ0v) is 13.8. The van der Waals surface area contributed by atoms with Crippen LogP contribution in [0.15, 0.2) is 29.2 Å². The molecule has 0 radical (unpaired) electrons. The van der Waals surface area contributed by atoms with Gasteiger partial charge in [-0.05, 0) is 50.1 Å². The second kappa shape index (κ2) is 5.98. The largest absolute Gasteiger partial charge is 0.348 e. The maximum absolute atomic E-state index is 12.3. The van der Waals surface area contributed by atoms with Crippen molar-refractivity contribution in [2.75, 3.05) is 5.75 Å². The van der Waals surface area contributed by atoms with Crippen LogP contribution in [-0.2, 0) is 14.8 Å². The highest BCUT2D eigenvalue weighted by atomic mass is 32.2. The van der Waals surface area contributed by atoms with Gasteiger partial charge in [-0.3, -0.25) is 4.79 Å².